The fourth-order valence-electron chi connectivity index (χ4n) is 1.63. The standard InChI is InChI=1S/C11H20N2O3/c1-2-8(6-10(14)15)7-12-11(16)13-9-4-3-5-9/h8-9H,2-7H2,1H3,(H,14,15)(H2,12,13,16). The maximum Gasteiger partial charge on any atom is 0.315 e. The molecule has 3 N–H and O–H groups in total. The molecule has 1 fully saturated rings. The molecule has 5 nitrogen and oxygen atoms in total. The Morgan fingerprint density at radius 3 is 2.56 bits per heavy atom. The van der Waals surface area contributed by atoms with E-state index in [0.29, 0.717) is 12.6 Å². The van der Waals surface area contributed by atoms with Gasteiger partial charge in [-0.25, -0.2) is 4.79 Å². The minimum atomic E-state index is -0.812. The molecule has 0 spiro atoms. The van der Waals surface area contributed by atoms with E-state index in [1.54, 1.807) is 0 Å². The summed E-state index contributed by atoms with van der Waals surface area (Å²) in [4.78, 5) is 21.9. The molecule has 0 radical (unpaired) electrons. The third kappa shape index (κ3) is 4.51. The molecule has 5 heteroatoms. The van der Waals surface area contributed by atoms with Crippen molar-refractivity contribution in [2.45, 2.75) is 45.1 Å². The maximum atomic E-state index is 11.4. The van der Waals surface area contributed by atoms with E-state index in [1.165, 1.54) is 6.42 Å². The third-order valence-corrected chi connectivity index (χ3v) is 3.03. The minimum absolute atomic E-state index is 0.0182. The van der Waals surface area contributed by atoms with Crippen molar-refractivity contribution in [1.29, 1.82) is 0 Å². The topological polar surface area (TPSA) is 78.4 Å². The zero-order valence-electron chi connectivity index (χ0n) is 9.66. The third-order valence-electron chi connectivity index (χ3n) is 3.03. The average Bonchev–Trinajstić information content (AvgIpc) is 2.17. The van der Waals surface area contributed by atoms with Gasteiger partial charge in [-0.2, -0.15) is 0 Å². The van der Waals surface area contributed by atoms with Gasteiger partial charge < -0.3 is 15.7 Å². The molecular weight excluding hydrogens is 208 g/mol. The molecule has 0 aromatic rings. The summed E-state index contributed by atoms with van der Waals surface area (Å²) in [6, 6.07) is 0.146. The number of rotatable bonds is 6. The number of urea groups is 1. The van der Waals surface area contributed by atoms with Crippen LogP contribution in [0.2, 0.25) is 0 Å². The van der Waals surface area contributed by atoms with E-state index < -0.39 is 5.97 Å². The Morgan fingerprint density at radius 2 is 2.12 bits per heavy atom. The van der Waals surface area contributed by atoms with Crippen LogP contribution in [0.3, 0.4) is 0 Å². The Kier molecular flexibility index (Phi) is 5.08. The van der Waals surface area contributed by atoms with Gasteiger partial charge in [-0.15, -0.1) is 0 Å². The summed E-state index contributed by atoms with van der Waals surface area (Å²) < 4.78 is 0. The van der Waals surface area contributed by atoms with Gasteiger partial charge in [0.25, 0.3) is 0 Å². The van der Waals surface area contributed by atoms with Crippen LogP contribution >= 0.6 is 0 Å². The van der Waals surface area contributed by atoms with Crippen LogP contribution < -0.4 is 10.6 Å². The van der Waals surface area contributed by atoms with Crippen molar-refractivity contribution in [3.8, 4) is 0 Å². The summed E-state index contributed by atoms with van der Waals surface area (Å²) in [5.74, 6) is -0.794. The van der Waals surface area contributed by atoms with Gasteiger partial charge in [0, 0.05) is 19.0 Å². The second kappa shape index (κ2) is 6.35. The molecule has 0 aromatic carbocycles. The van der Waals surface area contributed by atoms with Crippen LogP contribution in [0.1, 0.15) is 39.0 Å². The molecule has 0 aliphatic heterocycles. The van der Waals surface area contributed by atoms with Crippen molar-refractivity contribution < 1.29 is 14.7 Å². The van der Waals surface area contributed by atoms with Gasteiger partial charge in [-0.05, 0) is 25.2 Å². The summed E-state index contributed by atoms with van der Waals surface area (Å²) in [6.45, 7) is 2.36. The number of carboxylic acids is 1. The molecule has 0 bridgehead atoms. The van der Waals surface area contributed by atoms with Crippen LogP contribution in [0.15, 0.2) is 0 Å². The van der Waals surface area contributed by atoms with Crippen molar-refractivity contribution in [1.82, 2.24) is 10.6 Å². The van der Waals surface area contributed by atoms with Gasteiger partial charge in [0.1, 0.15) is 0 Å². The number of carboxylic acid groups (broad SMARTS) is 1. The molecule has 16 heavy (non-hydrogen) atoms. The number of aliphatic carboxylic acids is 1. The lowest BCUT2D eigenvalue weighted by Gasteiger charge is -2.26. The van der Waals surface area contributed by atoms with E-state index in [-0.39, 0.29) is 18.4 Å². The molecule has 1 saturated carbocycles. The average molecular weight is 228 g/mol. The predicted molar refractivity (Wildman–Crippen MR) is 60.2 cm³/mol. The van der Waals surface area contributed by atoms with Crippen LogP contribution in [0.4, 0.5) is 4.79 Å². The van der Waals surface area contributed by atoms with Crippen molar-refractivity contribution >= 4 is 12.0 Å². The second-order valence-corrected chi connectivity index (χ2v) is 4.35. The molecule has 1 rings (SSSR count). The quantitative estimate of drug-likeness (QED) is 0.642. The highest BCUT2D eigenvalue weighted by atomic mass is 16.4. The first-order chi connectivity index (χ1) is 7.61. The molecule has 1 aliphatic carbocycles. The number of amides is 2. The molecule has 2 amide bonds. The number of nitrogens with one attached hydrogen (secondary N) is 2. The number of carbonyl (C=O) groups is 2. The highest BCUT2D eigenvalue weighted by Gasteiger charge is 2.19. The first kappa shape index (κ1) is 12.8. The van der Waals surface area contributed by atoms with Crippen LogP contribution in [-0.2, 0) is 4.79 Å². The van der Waals surface area contributed by atoms with Gasteiger partial charge in [-0.3, -0.25) is 4.79 Å². The Hall–Kier alpha value is -1.26. The Bertz CT molecular complexity index is 252. The normalized spacial score (nSPS) is 17.3. The van der Waals surface area contributed by atoms with E-state index >= 15 is 0 Å². The second-order valence-electron chi connectivity index (χ2n) is 4.35. The van der Waals surface area contributed by atoms with E-state index in [1.807, 2.05) is 6.92 Å². The first-order valence-corrected chi connectivity index (χ1v) is 5.88. The number of hydrogen-bond donors (Lipinski definition) is 3. The first-order valence-electron chi connectivity index (χ1n) is 5.88. The lowest BCUT2D eigenvalue weighted by molar-refractivity contribution is -0.138. The summed E-state index contributed by atoms with van der Waals surface area (Å²) in [5, 5.41) is 14.2. The molecular formula is C11H20N2O3. The fourth-order valence-corrected chi connectivity index (χ4v) is 1.63. The molecule has 0 aromatic heterocycles. The van der Waals surface area contributed by atoms with Gasteiger partial charge in [0.2, 0.25) is 0 Å². The van der Waals surface area contributed by atoms with E-state index in [0.717, 1.165) is 19.3 Å². The number of hydrogen-bond acceptors (Lipinski definition) is 2. The highest BCUT2D eigenvalue weighted by molar-refractivity contribution is 5.74. The fraction of sp³-hybridized carbons (Fsp3) is 0.818. The summed E-state index contributed by atoms with van der Waals surface area (Å²) in [7, 11) is 0. The molecule has 1 unspecified atom stereocenters. The zero-order chi connectivity index (χ0) is 12.0. The van der Waals surface area contributed by atoms with Crippen molar-refractivity contribution in [2.75, 3.05) is 6.54 Å². The zero-order valence-corrected chi connectivity index (χ0v) is 9.66. The van der Waals surface area contributed by atoms with Gasteiger partial charge >= 0.3 is 12.0 Å². The van der Waals surface area contributed by atoms with Gasteiger partial charge in [0.05, 0.1) is 0 Å². The van der Waals surface area contributed by atoms with E-state index in [9.17, 15) is 9.59 Å². The lowest BCUT2D eigenvalue weighted by Crippen LogP contribution is -2.46. The van der Waals surface area contributed by atoms with E-state index in [2.05, 4.69) is 10.6 Å². The Labute approximate surface area is 95.6 Å². The summed E-state index contributed by atoms with van der Waals surface area (Å²) >= 11 is 0. The SMILES string of the molecule is CCC(CNC(=O)NC1CCC1)CC(=O)O. The van der Waals surface area contributed by atoms with Gasteiger partial charge in [0.15, 0.2) is 0 Å². The van der Waals surface area contributed by atoms with Crippen LogP contribution in [0.5, 0.6) is 0 Å². The van der Waals surface area contributed by atoms with Crippen molar-refractivity contribution in [3.05, 3.63) is 0 Å². The Balaban J connectivity index is 2.14. The molecule has 1 atom stereocenters. The van der Waals surface area contributed by atoms with Crippen LogP contribution in [0.25, 0.3) is 0 Å². The van der Waals surface area contributed by atoms with Crippen molar-refractivity contribution in [2.24, 2.45) is 5.92 Å². The van der Waals surface area contributed by atoms with E-state index in [4.69, 9.17) is 5.11 Å². The Morgan fingerprint density at radius 1 is 1.44 bits per heavy atom. The minimum Gasteiger partial charge on any atom is -0.481 e. The largest absolute Gasteiger partial charge is 0.481 e. The molecule has 0 saturated heterocycles. The summed E-state index contributed by atoms with van der Waals surface area (Å²) in [6.07, 6.45) is 4.16. The van der Waals surface area contributed by atoms with Gasteiger partial charge in [-0.1, -0.05) is 13.3 Å². The lowest BCUT2D eigenvalue weighted by atomic mass is 9.93. The predicted octanol–water partition coefficient (Wildman–Crippen LogP) is 1.34. The highest BCUT2D eigenvalue weighted by Crippen LogP contribution is 2.17. The molecule has 1 aliphatic rings. The van der Waals surface area contributed by atoms with Crippen LogP contribution in [0, 0.1) is 5.92 Å². The maximum absolute atomic E-state index is 11.4. The molecule has 0 heterocycles. The smallest absolute Gasteiger partial charge is 0.315 e. The van der Waals surface area contributed by atoms with Crippen LogP contribution in [-0.4, -0.2) is 29.7 Å². The summed E-state index contributed by atoms with van der Waals surface area (Å²) in [5.41, 5.74) is 0. The van der Waals surface area contributed by atoms with Crippen molar-refractivity contribution in [3.63, 3.8) is 0 Å². The monoisotopic (exact) mass is 228 g/mol. The molecule has 92 valence electrons. The number of carbonyl (C=O) groups excluding carboxylic acids is 1.